The predicted octanol–water partition coefficient (Wildman–Crippen LogP) is 1.14. The Hall–Kier alpha value is -2.37. The molecule has 0 saturated heterocycles. The van der Waals surface area contributed by atoms with Crippen molar-refractivity contribution in [1.82, 2.24) is 0 Å². The minimum Gasteiger partial charge on any atom is -0.481 e. The number of primary amides is 1. The minimum atomic E-state index is -0.934. The summed E-state index contributed by atoms with van der Waals surface area (Å²) in [7, 11) is 0. The van der Waals surface area contributed by atoms with Gasteiger partial charge in [-0.2, -0.15) is 0 Å². The van der Waals surface area contributed by atoms with Gasteiger partial charge in [0.05, 0.1) is 11.8 Å². The fourth-order valence-electron chi connectivity index (χ4n) is 2.36. The predicted molar refractivity (Wildman–Crippen MR) is 72.2 cm³/mol. The molecule has 0 radical (unpaired) electrons. The molecule has 0 heterocycles. The molecule has 4 N–H and O–H groups in total. The first kappa shape index (κ1) is 14.0. The molecule has 20 heavy (non-hydrogen) atoms. The van der Waals surface area contributed by atoms with Crippen LogP contribution in [0.25, 0.3) is 0 Å². The van der Waals surface area contributed by atoms with Gasteiger partial charge in [-0.1, -0.05) is 0 Å². The van der Waals surface area contributed by atoms with Crippen molar-refractivity contribution in [3.8, 4) is 0 Å². The molecule has 0 bridgehead atoms. The van der Waals surface area contributed by atoms with E-state index in [-0.39, 0.29) is 5.91 Å². The molecule has 1 aromatic rings. The van der Waals surface area contributed by atoms with Gasteiger partial charge in [0, 0.05) is 11.3 Å². The van der Waals surface area contributed by atoms with Crippen LogP contribution in [-0.4, -0.2) is 22.9 Å². The summed E-state index contributed by atoms with van der Waals surface area (Å²) < 4.78 is 0. The number of carbonyl (C=O) groups is 3. The number of carbonyl (C=O) groups excluding carboxylic acids is 2. The van der Waals surface area contributed by atoms with Gasteiger partial charge in [-0.05, 0) is 43.5 Å². The monoisotopic (exact) mass is 276 g/mol. The van der Waals surface area contributed by atoms with E-state index in [1.54, 1.807) is 25.1 Å². The summed E-state index contributed by atoms with van der Waals surface area (Å²) in [6, 6.07) is 4.77. The van der Waals surface area contributed by atoms with E-state index in [1.165, 1.54) is 0 Å². The molecule has 6 heteroatoms. The maximum Gasteiger partial charge on any atom is 0.307 e. The molecule has 2 amide bonds. The van der Waals surface area contributed by atoms with Crippen LogP contribution in [0.15, 0.2) is 18.2 Å². The lowest BCUT2D eigenvalue weighted by Gasteiger charge is -2.31. The Morgan fingerprint density at radius 2 is 1.90 bits per heavy atom. The van der Waals surface area contributed by atoms with E-state index < -0.39 is 23.7 Å². The standard InChI is InChI=1S/C14H16N2O4/c1-7-6-8(2-3-9(7)12(15)17)16-13(18)10-4-5-11(10)14(19)20/h2-3,6,10-11H,4-5H2,1H3,(H2,15,17)(H,16,18)(H,19,20). The molecule has 1 aliphatic carbocycles. The van der Waals surface area contributed by atoms with Crippen molar-refractivity contribution in [2.24, 2.45) is 17.6 Å². The average molecular weight is 276 g/mol. The van der Waals surface area contributed by atoms with Gasteiger partial charge >= 0.3 is 5.97 Å². The molecule has 1 saturated carbocycles. The Balaban J connectivity index is 2.07. The number of nitrogens with one attached hydrogen (secondary N) is 1. The lowest BCUT2D eigenvalue weighted by Crippen LogP contribution is -2.41. The van der Waals surface area contributed by atoms with Gasteiger partial charge in [-0.25, -0.2) is 0 Å². The molecule has 106 valence electrons. The van der Waals surface area contributed by atoms with E-state index in [2.05, 4.69) is 5.32 Å². The van der Waals surface area contributed by atoms with Gasteiger partial charge in [0.15, 0.2) is 0 Å². The highest BCUT2D eigenvalue weighted by molar-refractivity contribution is 5.98. The summed E-state index contributed by atoms with van der Waals surface area (Å²) >= 11 is 0. The summed E-state index contributed by atoms with van der Waals surface area (Å²) in [6.45, 7) is 1.72. The number of aryl methyl sites for hydroxylation is 1. The molecular weight excluding hydrogens is 260 g/mol. The van der Waals surface area contributed by atoms with E-state index in [4.69, 9.17) is 10.8 Å². The number of anilines is 1. The Morgan fingerprint density at radius 1 is 1.25 bits per heavy atom. The zero-order chi connectivity index (χ0) is 14.9. The number of benzene rings is 1. The zero-order valence-corrected chi connectivity index (χ0v) is 11.1. The molecule has 1 aromatic carbocycles. The van der Waals surface area contributed by atoms with Crippen molar-refractivity contribution in [3.05, 3.63) is 29.3 Å². The number of rotatable bonds is 4. The summed E-state index contributed by atoms with van der Waals surface area (Å²) in [4.78, 5) is 34.0. The lowest BCUT2D eigenvalue weighted by atomic mass is 9.73. The van der Waals surface area contributed by atoms with E-state index >= 15 is 0 Å². The van der Waals surface area contributed by atoms with Crippen molar-refractivity contribution in [2.45, 2.75) is 19.8 Å². The number of carboxylic acids is 1. The van der Waals surface area contributed by atoms with Crippen LogP contribution in [0.5, 0.6) is 0 Å². The first-order valence-corrected chi connectivity index (χ1v) is 6.34. The average Bonchev–Trinajstić information content (AvgIpc) is 2.25. The SMILES string of the molecule is Cc1cc(NC(=O)C2CCC2C(=O)O)ccc1C(N)=O. The van der Waals surface area contributed by atoms with Crippen LogP contribution in [0.2, 0.25) is 0 Å². The first-order valence-electron chi connectivity index (χ1n) is 6.34. The van der Waals surface area contributed by atoms with E-state index in [9.17, 15) is 14.4 Å². The van der Waals surface area contributed by atoms with E-state index in [0.29, 0.717) is 29.7 Å². The van der Waals surface area contributed by atoms with Crippen LogP contribution in [0.1, 0.15) is 28.8 Å². The van der Waals surface area contributed by atoms with Crippen molar-refractivity contribution in [2.75, 3.05) is 5.32 Å². The number of hydrogen-bond donors (Lipinski definition) is 3. The Kier molecular flexibility index (Phi) is 3.74. The molecule has 6 nitrogen and oxygen atoms in total. The highest BCUT2D eigenvalue weighted by atomic mass is 16.4. The smallest absolute Gasteiger partial charge is 0.307 e. The van der Waals surface area contributed by atoms with Gasteiger partial charge in [0.2, 0.25) is 11.8 Å². The quantitative estimate of drug-likeness (QED) is 0.766. The Bertz CT molecular complexity index is 583. The van der Waals surface area contributed by atoms with Crippen molar-refractivity contribution < 1.29 is 19.5 Å². The van der Waals surface area contributed by atoms with Gasteiger partial charge in [-0.3, -0.25) is 14.4 Å². The topological polar surface area (TPSA) is 109 Å². The summed E-state index contributed by atoms with van der Waals surface area (Å²) in [6.07, 6.45) is 1.12. The molecule has 1 aliphatic rings. The summed E-state index contributed by atoms with van der Waals surface area (Å²) in [5.41, 5.74) is 6.80. The third-order valence-corrected chi connectivity index (χ3v) is 3.69. The van der Waals surface area contributed by atoms with Crippen LogP contribution in [-0.2, 0) is 9.59 Å². The summed E-state index contributed by atoms with van der Waals surface area (Å²) in [5.74, 6) is -2.83. The maximum atomic E-state index is 12.0. The molecule has 1 fully saturated rings. The number of amides is 2. The molecule has 0 spiro atoms. The zero-order valence-electron chi connectivity index (χ0n) is 11.1. The van der Waals surface area contributed by atoms with Crippen LogP contribution in [0.3, 0.4) is 0 Å². The normalized spacial score (nSPS) is 20.9. The van der Waals surface area contributed by atoms with Gasteiger partial charge in [0.1, 0.15) is 0 Å². The van der Waals surface area contributed by atoms with Crippen molar-refractivity contribution in [3.63, 3.8) is 0 Å². The highest BCUT2D eigenvalue weighted by Crippen LogP contribution is 2.35. The second kappa shape index (κ2) is 5.32. The number of aliphatic carboxylic acids is 1. The van der Waals surface area contributed by atoms with Crippen LogP contribution in [0.4, 0.5) is 5.69 Å². The van der Waals surface area contributed by atoms with Gasteiger partial charge < -0.3 is 16.2 Å². The van der Waals surface area contributed by atoms with E-state index in [0.717, 1.165) is 0 Å². The summed E-state index contributed by atoms with van der Waals surface area (Å²) in [5, 5.41) is 11.6. The molecule has 2 unspecified atom stereocenters. The number of hydrogen-bond acceptors (Lipinski definition) is 3. The molecule has 0 aromatic heterocycles. The fraction of sp³-hybridized carbons (Fsp3) is 0.357. The maximum absolute atomic E-state index is 12.0. The molecular formula is C14H16N2O4. The molecule has 0 aliphatic heterocycles. The Morgan fingerprint density at radius 3 is 2.35 bits per heavy atom. The van der Waals surface area contributed by atoms with Gasteiger partial charge in [-0.15, -0.1) is 0 Å². The number of nitrogens with two attached hydrogens (primary N) is 1. The Labute approximate surface area is 116 Å². The fourth-order valence-corrected chi connectivity index (χ4v) is 2.36. The third-order valence-electron chi connectivity index (χ3n) is 3.69. The second-order valence-corrected chi connectivity index (χ2v) is 5.01. The second-order valence-electron chi connectivity index (χ2n) is 5.01. The lowest BCUT2D eigenvalue weighted by molar-refractivity contribution is -0.151. The van der Waals surface area contributed by atoms with Crippen molar-refractivity contribution in [1.29, 1.82) is 0 Å². The minimum absolute atomic E-state index is 0.296. The van der Waals surface area contributed by atoms with Crippen LogP contribution < -0.4 is 11.1 Å². The molecule has 2 atom stereocenters. The third kappa shape index (κ3) is 2.64. The number of carboxylic acid groups (broad SMARTS) is 1. The first-order chi connectivity index (χ1) is 9.40. The van der Waals surface area contributed by atoms with Crippen LogP contribution in [0, 0.1) is 18.8 Å². The highest BCUT2D eigenvalue weighted by Gasteiger charge is 2.41. The van der Waals surface area contributed by atoms with Crippen molar-refractivity contribution >= 4 is 23.5 Å². The molecule has 2 rings (SSSR count). The van der Waals surface area contributed by atoms with E-state index in [1.807, 2.05) is 0 Å². The van der Waals surface area contributed by atoms with Crippen LogP contribution >= 0.6 is 0 Å². The largest absolute Gasteiger partial charge is 0.481 e. The van der Waals surface area contributed by atoms with Gasteiger partial charge in [0.25, 0.3) is 0 Å².